The molecule has 0 fully saturated rings. The lowest BCUT2D eigenvalue weighted by Gasteiger charge is -2.04. The van der Waals surface area contributed by atoms with E-state index in [1.807, 2.05) is 60.8 Å². The van der Waals surface area contributed by atoms with E-state index in [0.717, 1.165) is 16.8 Å². The van der Waals surface area contributed by atoms with Crippen LogP contribution in [0, 0.1) is 0 Å². The Balaban J connectivity index is 1.34. The first-order valence-electron chi connectivity index (χ1n) is 8.46. The molecule has 0 unspecified atom stereocenters. The van der Waals surface area contributed by atoms with Gasteiger partial charge in [-0.2, -0.15) is 5.10 Å². The van der Waals surface area contributed by atoms with E-state index >= 15 is 0 Å². The number of nitrogens with zero attached hydrogens (tertiary/aromatic N) is 6. The lowest BCUT2D eigenvalue weighted by molar-refractivity contribution is -0.115. The summed E-state index contributed by atoms with van der Waals surface area (Å²) in [6, 6.07) is 19.3. The molecule has 2 heterocycles. The molecule has 0 saturated carbocycles. The van der Waals surface area contributed by atoms with Crippen molar-refractivity contribution in [3.63, 3.8) is 0 Å². The van der Waals surface area contributed by atoms with Gasteiger partial charge in [-0.05, 0) is 33.7 Å². The maximum Gasteiger partial charge on any atom is 0.229 e. The maximum absolute atomic E-state index is 12.3. The average molecular weight is 359 g/mol. The van der Waals surface area contributed by atoms with Crippen molar-refractivity contribution >= 4 is 11.7 Å². The number of hydrogen-bond donors (Lipinski definition) is 1. The normalized spacial score (nSPS) is 10.7. The van der Waals surface area contributed by atoms with Crippen LogP contribution in [0.25, 0.3) is 5.69 Å². The average Bonchev–Trinajstić information content (AvgIpc) is 3.36. The third kappa shape index (κ3) is 4.24. The largest absolute Gasteiger partial charge is 0.309 e. The third-order valence-corrected chi connectivity index (χ3v) is 4.01. The molecule has 0 aliphatic carbocycles. The van der Waals surface area contributed by atoms with E-state index in [1.54, 1.807) is 15.4 Å². The summed E-state index contributed by atoms with van der Waals surface area (Å²) in [4.78, 5) is 12.3. The molecule has 1 amide bonds. The predicted octanol–water partition coefficient (Wildman–Crippen LogP) is 2.09. The van der Waals surface area contributed by atoms with Gasteiger partial charge in [-0.1, -0.05) is 42.5 Å². The van der Waals surface area contributed by atoms with Crippen LogP contribution in [-0.4, -0.2) is 35.9 Å². The first-order valence-corrected chi connectivity index (χ1v) is 8.46. The zero-order chi connectivity index (χ0) is 18.5. The summed E-state index contributed by atoms with van der Waals surface area (Å²) in [6.45, 7) is 0.662. The van der Waals surface area contributed by atoms with Gasteiger partial charge in [0.2, 0.25) is 5.91 Å². The lowest BCUT2D eigenvalue weighted by Crippen LogP contribution is -2.15. The molecule has 8 heteroatoms. The molecule has 2 aromatic heterocycles. The summed E-state index contributed by atoms with van der Waals surface area (Å²) in [5, 5.41) is 18.3. The minimum atomic E-state index is -0.116. The van der Waals surface area contributed by atoms with Gasteiger partial charge in [0.05, 0.1) is 18.7 Å². The van der Waals surface area contributed by atoms with Gasteiger partial charge in [0.25, 0.3) is 0 Å². The van der Waals surface area contributed by atoms with Crippen molar-refractivity contribution < 1.29 is 4.79 Å². The van der Waals surface area contributed by atoms with E-state index in [0.29, 0.717) is 12.4 Å². The van der Waals surface area contributed by atoms with E-state index in [1.165, 1.54) is 6.33 Å². The smallest absolute Gasteiger partial charge is 0.229 e. The number of aromatic nitrogens is 6. The molecular formula is C19H17N7O. The summed E-state index contributed by atoms with van der Waals surface area (Å²) in [5.74, 6) is 0.427. The highest BCUT2D eigenvalue weighted by Gasteiger charge is 2.07. The molecule has 4 rings (SSSR count). The van der Waals surface area contributed by atoms with Crippen LogP contribution in [0.3, 0.4) is 0 Å². The Morgan fingerprint density at radius 3 is 2.52 bits per heavy atom. The van der Waals surface area contributed by atoms with E-state index in [9.17, 15) is 4.79 Å². The molecule has 27 heavy (non-hydrogen) atoms. The second kappa shape index (κ2) is 7.61. The number of hydrogen-bond acceptors (Lipinski definition) is 5. The fraction of sp³-hybridized carbons (Fsp3) is 0.105. The fourth-order valence-electron chi connectivity index (χ4n) is 2.71. The molecule has 0 bridgehead atoms. The van der Waals surface area contributed by atoms with Crippen LogP contribution in [0.2, 0.25) is 0 Å². The highest BCUT2D eigenvalue weighted by atomic mass is 16.1. The van der Waals surface area contributed by atoms with E-state index in [4.69, 9.17) is 0 Å². The van der Waals surface area contributed by atoms with Gasteiger partial charge in [0.1, 0.15) is 6.33 Å². The summed E-state index contributed by atoms with van der Waals surface area (Å²) < 4.78 is 3.36. The molecule has 0 saturated heterocycles. The number of carbonyl (C=O) groups excluding carboxylic acids is 1. The molecule has 2 aromatic carbocycles. The fourth-order valence-corrected chi connectivity index (χ4v) is 2.71. The Kier molecular flexibility index (Phi) is 4.69. The van der Waals surface area contributed by atoms with E-state index < -0.39 is 0 Å². The number of nitrogens with one attached hydrogen (secondary N) is 1. The molecular weight excluding hydrogens is 342 g/mol. The Bertz CT molecular complexity index is 1010. The first kappa shape index (κ1) is 16.6. The molecule has 0 atom stereocenters. The second-order valence-electron chi connectivity index (χ2n) is 6.03. The SMILES string of the molecule is O=C(Cc1ccc(-n2cnnn2)cc1)Nc1ccn(Cc2ccccc2)n1. The predicted molar refractivity (Wildman–Crippen MR) is 99.3 cm³/mol. The summed E-state index contributed by atoms with van der Waals surface area (Å²) in [6.07, 6.45) is 3.64. The van der Waals surface area contributed by atoms with Crippen molar-refractivity contribution in [1.29, 1.82) is 0 Å². The topological polar surface area (TPSA) is 90.5 Å². The summed E-state index contributed by atoms with van der Waals surface area (Å²) in [5.41, 5.74) is 2.89. The van der Waals surface area contributed by atoms with Gasteiger partial charge >= 0.3 is 0 Å². The number of tetrazole rings is 1. The van der Waals surface area contributed by atoms with Crippen molar-refractivity contribution in [2.24, 2.45) is 0 Å². The number of benzene rings is 2. The van der Waals surface area contributed by atoms with Crippen LogP contribution >= 0.6 is 0 Å². The van der Waals surface area contributed by atoms with Gasteiger partial charge in [0.15, 0.2) is 5.82 Å². The monoisotopic (exact) mass is 359 g/mol. The van der Waals surface area contributed by atoms with Crippen molar-refractivity contribution in [2.75, 3.05) is 5.32 Å². The quantitative estimate of drug-likeness (QED) is 0.569. The highest BCUT2D eigenvalue weighted by Crippen LogP contribution is 2.10. The van der Waals surface area contributed by atoms with Crippen LogP contribution in [-0.2, 0) is 17.8 Å². The van der Waals surface area contributed by atoms with Crippen LogP contribution < -0.4 is 5.32 Å². The first-order chi connectivity index (χ1) is 13.3. The molecule has 4 aromatic rings. The summed E-state index contributed by atoms with van der Waals surface area (Å²) >= 11 is 0. The van der Waals surface area contributed by atoms with Crippen LogP contribution in [0.5, 0.6) is 0 Å². The van der Waals surface area contributed by atoms with Crippen molar-refractivity contribution in [3.05, 3.63) is 84.3 Å². The van der Waals surface area contributed by atoms with Crippen LogP contribution in [0.1, 0.15) is 11.1 Å². The maximum atomic E-state index is 12.3. The minimum absolute atomic E-state index is 0.116. The Hall–Kier alpha value is -3.81. The van der Waals surface area contributed by atoms with Crippen molar-refractivity contribution in [1.82, 2.24) is 30.0 Å². The van der Waals surface area contributed by atoms with Crippen molar-refractivity contribution in [2.45, 2.75) is 13.0 Å². The number of rotatable bonds is 6. The Labute approximate surface area is 155 Å². The number of anilines is 1. The molecule has 0 aliphatic rings. The zero-order valence-electron chi connectivity index (χ0n) is 14.4. The molecule has 0 spiro atoms. The van der Waals surface area contributed by atoms with E-state index in [-0.39, 0.29) is 12.3 Å². The summed E-state index contributed by atoms with van der Waals surface area (Å²) in [7, 11) is 0. The molecule has 0 radical (unpaired) electrons. The molecule has 8 nitrogen and oxygen atoms in total. The van der Waals surface area contributed by atoms with Gasteiger partial charge in [-0.3, -0.25) is 9.48 Å². The minimum Gasteiger partial charge on any atom is -0.309 e. The molecule has 1 N–H and O–H groups in total. The highest BCUT2D eigenvalue weighted by molar-refractivity contribution is 5.91. The van der Waals surface area contributed by atoms with Gasteiger partial charge < -0.3 is 5.32 Å². The van der Waals surface area contributed by atoms with Crippen LogP contribution in [0.4, 0.5) is 5.82 Å². The standard InChI is InChI=1S/C19H17N7O/c27-19(12-15-6-8-17(9-7-15)26-14-20-23-24-26)21-18-10-11-25(22-18)13-16-4-2-1-3-5-16/h1-11,14H,12-13H2,(H,21,22,27). The van der Waals surface area contributed by atoms with Gasteiger partial charge in [-0.15, -0.1) is 5.10 Å². The van der Waals surface area contributed by atoms with E-state index in [2.05, 4.69) is 25.9 Å². The van der Waals surface area contributed by atoms with Gasteiger partial charge in [-0.25, -0.2) is 4.68 Å². The molecule has 134 valence electrons. The van der Waals surface area contributed by atoms with Crippen LogP contribution in [0.15, 0.2) is 73.2 Å². The molecule has 0 aliphatic heterocycles. The zero-order valence-corrected chi connectivity index (χ0v) is 14.4. The third-order valence-electron chi connectivity index (χ3n) is 4.01. The lowest BCUT2D eigenvalue weighted by atomic mass is 10.1. The second-order valence-corrected chi connectivity index (χ2v) is 6.03. The van der Waals surface area contributed by atoms with Crippen molar-refractivity contribution in [3.8, 4) is 5.69 Å². The van der Waals surface area contributed by atoms with Gasteiger partial charge in [0, 0.05) is 12.3 Å². The Morgan fingerprint density at radius 2 is 1.78 bits per heavy atom. The number of amides is 1. The Morgan fingerprint density at radius 1 is 0.963 bits per heavy atom. The number of carbonyl (C=O) groups is 1.